The van der Waals surface area contributed by atoms with Crippen LogP contribution in [0.4, 0.5) is 10.5 Å². The standard InChI is InChI=1S/C15H21NO5/c1-11(17)7-8-20-13-5-3-12(4-6-13)16-9-14(10-19-2)21-15(16)18/h3-6,11,14,17H,7-10H2,1-2H3/t11-,14+/m0/s1. The van der Waals surface area contributed by atoms with Crippen molar-refractivity contribution in [3.8, 4) is 5.75 Å². The first kappa shape index (κ1) is 15.6. The molecule has 0 spiro atoms. The van der Waals surface area contributed by atoms with Crippen molar-refractivity contribution in [3.63, 3.8) is 0 Å². The summed E-state index contributed by atoms with van der Waals surface area (Å²) in [5.41, 5.74) is 0.765. The molecule has 0 saturated carbocycles. The lowest BCUT2D eigenvalue weighted by molar-refractivity contribution is 0.0718. The lowest BCUT2D eigenvalue weighted by atomic mass is 10.2. The summed E-state index contributed by atoms with van der Waals surface area (Å²) < 4.78 is 15.7. The topological polar surface area (TPSA) is 68.2 Å². The molecule has 1 saturated heterocycles. The number of amides is 1. The van der Waals surface area contributed by atoms with Crippen molar-refractivity contribution in [1.29, 1.82) is 0 Å². The van der Waals surface area contributed by atoms with E-state index in [0.29, 0.717) is 31.9 Å². The molecule has 0 aromatic heterocycles. The summed E-state index contributed by atoms with van der Waals surface area (Å²) in [6.07, 6.45) is -0.385. The minimum Gasteiger partial charge on any atom is -0.493 e. The molecule has 1 aromatic rings. The van der Waals surface area contributed by atoms with Crippen molar-refractivity contribution in [2.24, 2.45) is 0 Å². The van der Waals surface area contributed by atoms with Crippen LogP contribution in [0.2, 0.25) is 0 Å². The van der Waals surface area contributed by atoms with Gasteiger partial charge in [-0.25, -0.2) is 4.79 Å². The summed E-state index contributed by atoms with van der Waals surface area (Å²) in [4.78, 5) is 13.4. The zero-order valence-electron chi connectivity index (χ0n) is 12.3. The number of carbonyl (C=O) groups is 1. The number of hydrogen-bond donors (Lipinski definition) is 1. The minimum atomic E-state index is -0.374. The van der Waals surface area contributed by atoms with Crippen LogP contribution >= 0.6 is 0 Å². The Kier molecular flexibility index (Phi) is 5.41. The molecule has 1 aliphatic rings. The summed E-state index contributed by atoms with van der Waals surface area (Å²) in [6, 6.07) is 7.23. The fourth-order valence-electron chi connectivity index (χ4n) is 2.07. The number of carbonyl (C=O) groups excluding carboxylic acids is 1. The molecule has 0 unspecified atom stereocenters. The number of anilines is 1. The van der Waals surface area contributed by atoms with Crippen LogP contribution in [0.3, 0.4) is 0 Å². The van der Waals surface area contributed by atoms with Gasteiger partial charge >= 0.3 is 6.09 Å². The second-order valence-electron chi connectivity index (χ2n) is 5.05. The molecule has 1 fully saturated rings. The van der Waals surface area contributed by atoms with E-state index in [-0.39, 0.29) is 18.3 Å². The minimum absolute atomic E-state index is 0.232. The number of nitrogens with zero attached hydrogens (tertiary/aromatic N) is 1. The molecule has 1 heterocycles. The molecule has 21 heavy (non-hydrogen) atoms. The van der Waals surface area contributed by atoms with E-state index in [2.05, 4.69) is 0 Å². The van der Waals surface area contributed by atoms with E-state index in [0.717, 1.165) is 5.69 Å². The average Bonchev–Trinajstić information content (AvgIpc) is 2.80. The monoisotopic (exact) mass is 295 g/mol. The maximum Gasteiger partial charge on any atom is 0.414 e. The third-order valence-corrected chi connectivity index (χ3v) is 3.18. The second-order valence-corrected chi connectivity index (χ2v) is 5.05. The zero-order chi connectivity index (χ0) is 15.2. The highest BCUT2D eigenvalue weighted by Crippen LogP contribution is 2.24. The van der Waals surface area contributed by atoms with E-state index in [9.17, 15) is 4.79 Å². The summed E-state index contributed by atoms with van der Waals surface area (Å²) in [5, 5.41) is 9.17. The number of benzene rings is 1. The number of ether oxygens (including phenoxy) is 3. The van der Waals surface area contributed by atoms with Crippen LogP contribution in [-0.4, -0.2) is 50.3 Å². The van der Waals surface area contributed by atoms with Crippen molar-refractivity contribution in [2.45, 2.75) is 25.6 Å². The molecular weight excluding hydrogens is 274 g/mol. The molecule has 0 radical (unpaired) electrons. The van der Waals surface area contributed by atoms with Crippen LogP contribution in [0, 0.1) is 0 Å². The number of methoxy groups -OCH3 is 1. The van der Waals surface area contributed by atoms with Gasteiger partial charge in [-0.05, 0) is 31.2 Å². The molecule has 1 amide bonds. The Morgan fingerprint density at radius 1 is 1.43 bits per heavy atom. The van der Waals surface area contributed by atoms with E-state index >= 15 is 0 Å². The van der Waals surface area contributed by atoms with Crippen LogP contribution in [0.5, 0.6) is 5.75 Å². The van der Waals surface area contributed by atoms with Crippen molar-refractivity contribution < 1.29 is 24.1 Å². The molecule has 2 atom stereocenters. The quantitative estimate of drug-likeness (QED) is 0.831. The lowest BCUT2D eigenvalue weighted by Gasteiger charge is -2.14. The van der Waals surface area contributed by atoms with Crippen molar-refractivity contribution >= 4 is 11.8 Å². The molecular formula is C15H21NO5. The SMILES string of the molecule is COC[C@H]1CN(c2ccc(OCC[C@H](C)O)cc2)C(=O)O1. The van der Waals surface area contributed by atoms with Gasteiger partial charge in [0.25, 0.3) is 0 Å². The van der Waals surface area contributed by atoms with E-state index in [1.807, 2.05) is 12.1 Å². The first-order valence-electron chi connectivity index (χ1n) is 6.98. The maximum absolute atomic E-state index is 11.8. The summed E-state index contributed by atoms with van der Waals surface area (Å²) in [6.45, 7) is 3.05. The van der Waals surface area contributed by atoms with Crippen molar-refractivity contribution in [2.75, 3.05) is 31.8 Å². The Bertz CT molecular complexity index is 460. The van der Waals surface area contributed by atoms with Crippen LogP contribution < -0.4 is 9.64 Å². The highest BCUT2D eigenvalue weighted by Gasteiger charge is 2.32. The number of cyclic esters (lactones) is 1. The summed E-state index contributed by atoms with van der Waals surface area (Å²) in [5.74, 6) is 0.709. The van der Waals surface area contributed by atoms with E-state index in [4.69, 9.17) is 19.3 Å². The normalized spacial score (nSPS) is 19.5. The molecule has 1 N–H and O–H groups in total. The largest absolute Gasteiger partial charge is 0.493 e. The highest BCUT2D eigenvalue weighted by atomic mass is 16.6. The Hall–Kier alpha value is -1.79. The molecule has 0 aliphatic carbocycles. The van der Waals surface area contributed by atoms with Gasteiger partial charge in [0.2, 0.25) is 0 Å². The van der Waals surface area contributed by atoms with Crippen LogP contribution in [0.25, 0.3) is 0 Å². The molecule has 116 valence electrons. The lowest BCUT2D eigenvalue weighted by Crippen LogP contribution is -2.25. The van der Waals surface area contributed by atoms with E-state index in [1.165, 1.54) is 0 Å². The van der Waals surface area contributed by atoms with Gasteiger partial charge in [0.05, 0.1) is 25.9 Å². The van der Waals surface area contributed by atoms with Gasteiger partial charge in [0.1, 0.15) is 11.9 Å². The molecule has 6 nitrogen and oxygen atoms in total. The van der Waals surface area contributed by atoms with Crippen molar-refractivity contribution in [3.05, 3.63) is 24.3 Å². The van der Waals surface area contributed by atoms with Gasteiger partial charge in [-0.15, -0.1) is 0 Å². The Morgan fingerprint density at radius 2 is 2.14 bits per heavy atom. The number of hydrogen-bond acceptors (Lipinski definition) is 5. The van der Waals surface area contributed by atoms with Crippen LogP contribution in [0.1, 0.15) is 13.3 Å². The van der Waals surface area contributed by atoms with Gasteiger partial charge in [0.15, 0.2) is 0 Å². The van der Waals surface area contributed by atoms with Gasteiger partial charge in [-0.2, -0.15) is 0 Å². The summed E-state index contributed by atoms with van der Waals surface area (Å²) in [7, 11) is 1.58. The van der Waals surface area contributed by atoms with Crippen LogP contribution in [0.15, 0.2) is 24.3 Å². The number of aliphatic hydroxyl groups excluding tert-OH is 1. The predicted molar refractivity (Wildman–Crippen MR) is 77.7 cm³/mol. The van der Waals surface area contributed by atoms with Gasteiger partial charge < -0.3 is 19.3 Å². The fourth-order valence-corrected chi connectivity index (χ4v) is 2.07. The van der Waals surface area contributed by atoms with Crippen LogP contribution in [-0.2, 0) is 9.47 Å². The third-order valence-electron chi connectivity index (χ3n) is 3.18. The predicted octanol–water partition coefficient (Wildman–Crippen LogP) is 1.81. The molecule has 2 rings (SSSR count). The van der Waals surface area contributed by atoms with E-state index in [1.54, 1.807) is 31.1 Å². The van der Waals surface area contributed by atoms with Gasteiger partial charge in [-0.3, -0.25) is 4.90 Å². The Labute approximate surface area is 124 Å². The molecule has 6 heteroatoms. The average molecular weight is 295 g/mol. The maximum atomic E-state index is 11.8. The first-order valence-corrected chi connectivity index (χ1v) is 6.98. The first-order chi connectivity index (χ1) is 10.1. The smallest absolute Gasteiger partial charge is 0.414 e. The highest BCUT2D eigenvalue weighted by molar-refractivity contribution is 5.89. The number of aliphatic hydroxyl groups is 1. The molecule has 1 aliphatic heterocycles. The molecule has 1 aromatic carbocycles. The number of rotatable bonds is 7. The Morgan fingerprint density at radius 3 is 2.76 bits per heavy atom. The fraction of sp³-hybridized carbons (Fsp3) is 0.533. The third kappa shape index (κ3) is 4.34. The zero-order valence-corrected chi connectivity index (χ0v) is 12.3. The molecule has 0 bridgehead atoms. The summed E-state index contributed by atoms with van der Waals surface area (Å²) >= 11 is 0. The van der Waals surface area contributed by atoms with Gasteiger partial charge in [-0.1, -0.05) is 0 Å². The second kappa shape index (κ2) is 7.28. The van der Waals surface area contributed by atoms with Crippen molar-refractivity contribution in [1.82, 2.24) is 0 Å². The Balaban J connectivity index is 1.91. The van der Waals surface area contributed by atoms with Gasteiger partial charge in [0, 0.05) is 19.2 Å². The van der Waals surface area contributed by atoms with E-state index < -0.39 is 0 Å².